The number of sulfonamides is 1. The molecule has 118 valence electrons. The van der Waals surface area contributed by atoms with E-state index < -0.39 is 16.0 Å². The number of rotatable bonds is 8. The Morgan fingerprint density at radius 3 is 2.62 bits per heavy atom. The SMILES string of the molecule is CCOC(=O)CN(C)S(=O)(=O)CCOc1ccccc1N. The fourth-order valence-corrected chi connectivity index (χ4v) is 2.42. The van der Waals surface area contributed by atoms with Crippen molar-refractivity contribution in [2.75, 3.05) is 38.3 Å². The topological polar surface area (TPSA) is 98.9 Å². The maximum atomic E-state index is 12.0. The molecule has 0 fully saturated rings. The van der Waals surface area contributed by atoms with Crippen LogP contribution in [0.5, 0.6) is 5.75 Å². The van der Waals surface area contributed by atoms with Gasteiger partial charge in [-0.25, -0.2) is 8.42 Å². The highest BCUT2D eigenvalue weighted by molar-refractivity contribution is 7.89. The first-order valence-electron chi connectivity index (χ1n) is 6.43. The van der Waals surface area contributed by atoms with Crippen LogP contribution < -0.4 is 10.5 Å². The molecule has 0 atom stereocenters. The monoisotopic (exact) mass is 316 g/mol. The number of carbonyl (C=O) groups is 1. The first-order valence-corrected chi connectivity index (χ1v) is 8.04. The van der Waals surface area contributed by atoms with Gasteiger partial charge in [-0.15, -0.1) is 0 Å². The number of anilines is 1. The van der Waals surface area contributed by atoms with Crippen molar-refractivity contribution in [3.05, 3.63) is 24.3 Å². The predicted octanol–water partition coefficient (Wildman–Crippen LogP) is 0.472. The molecule has 0 amide bonds. The van der Waals surface area contributed by atoms with Crippen LogP contribution >= 0.6 is 0 Å². The number of carbonyl (C=O) groups excluding carboxylic acids is 1. The molecule has 0 saturated carbocycles. The maximum absolute atomic E-state index is 12.0. The highest BCUT2D eigenvalue weighted by Gasteiger charge is 2.21. The van der Waals surface area contributed by atoms with E-state index in [1.807, 2.05) is 0 Å². The molecule has 1 aromatic rings. The van der Waals surface area contributed by atoms with Crippen molar-refractivity contribution in [2.45, 2.75) is 6.92 Å². The molecule has 21 heavy (non-hydrogen) atoms. The van der Waals surface area contributed by atoms with E-state index in [0.717, 1.165) is 4.31 Å². The third kappa shape index (κ3) is 5.60. The fourth-order valence-electron chi connectivity index (χ4n) is 1.51. The molecule has 0 aliphatic rings. The standard InChI is InChI=1S/C13H20N2O5S/c1-3-19-13(16)10-15(2)21(17,18)9-8-20-12-7-5-4-6-11(12)14/h4-7H,3,8-10,14H2,1-2H3. The molecular formula is C13H20N2O5S. The van der Waals surface area contributed by atoms with E-state index in [-0.39, 0.29) is 25.5 Å². The van der Waals surface area contributed by atoms with Crippen molar-refractivity contribution in [3.8, 4) is 5.75 Å². The lowest BCUT2D eigenvalue weighted by atomic mass is 10.3. The molecule has 1 rings (SSSR count). The summed E-state index contributed by atoms with van der Waals surface area (Å²) in [5, 5.41) is 0. The van der Waals surface area contributed by atoms with Gasteiger partial charge >= 0.3 is 5.97 Å². The van der Waals surface area contributed by atoms with Gasteiger partial charge in [0.2, 0.25) is 10.0 Å². The Labute approximate surface area is 124 Å². The largest absolute Gasteiger partial charge is 0.490 e. The van der Waals surface area contributed by atoms with Crippen LogP contribution in [0.25, 0.3) is 0 Å². The first-order chi connectivity index (χ1) is 9.86. The zero-order valence-electron chi connectivity index (χ0n) is 12.1. The van der Waals surface area contributed by atoms with Gasteiger partial charge in [-0.05, 0) is 19.1 Å². The van der Waals surface area contributed by atoms with Gasteiger partial charge in [-0.3, -0.25) is 4.79 Å². The Hall–Kier alpha value is -1.80. The fraction of sp³-hybridized carbons (Fsp3) is 0.462. The van der Waals surface area contributed by atoms with Gasteiger partial charge < -0.3 is 15.2 Å². The number of hydrogen-bond donors (Lipinski definition) is 1. The lowest BCUT2D eigenvalue weighted by Crippen LogP contribution is -2.36. The van der Waals surface area contributed by atoms with E-state index >= 15 is 0 Å². The third-order valence-electron chi connectivity index (χ3n) is 2.65. The number of nitrogens with two attached hydrogens (primary N) is 1. The van der Waals surface area contributed by atoms with Crippen molar-refractivity contribution in [3.63, 3.8) is 0 Å². The Morgan fingerprint density at radius 1 is 1.33 bits per heavy atom. The van der Waals surface area contributed by atoms with E-state index in [4.69, 9.17) is 15.2 Å². The molecule has 0 radical (unpaired) electrons. The number of hydrogen-bond acceptors (Lipinski definition) is 6. The van der Waals surface area contributed by atoms with Crippen LogP contribution in [0.15, 0.2) is 24.3 Å². The van der Waals surface area contributed by atoms with Crippen LogP contribution in [0.3, 0.4) is 0 Å². The second kappa shape index (κ2) is 7.84. The Bertz CT molecular complexity index is 574. The molecule has 0 heterocycles. The third-order valence-corrected chi connectivity index (χ3v) is 4.41. The highest BCUT2D eigenvalue weighted by Crippen LogP contribution is 2.19. The smallest absolute Gasteiger partial charge is 0.321 e. The minimum atomic E-state index is -3.59. The first kappa shape index (κ1) is 17.3. The van der Waals surface area contributed by atoms with Gasteiger partial charge in [-0.2, -0.15) is 4.31 Å². The van der Waals surface area contributed by atoms with Crippen LogP contribution in [0.1, 0.15) is 6.92 Å². The minimum Gasteiger partial charge on any atom is -0.490 e. The number of esters is 1. The van der Waals surface area contributed by atoms with E-state index in [9.17, 15) is 13.2 Å². The molecule has 7 nitrogen and oxygen atoms in total. The van der Waals surface area contributed by atoms with Crippen LogP contribution in [0, 0.1) is 0 Å². The van der Waals surface area contributed by atoms with Gasteiger partial charge in [0.15, 0.2) is 0 Å². The van der Waals surface area contributed by atoms with Crippen molar-refractivity contribution >= 4 is 21.7 Å². The van der Waals surface area contributed by atoms with Gasteiger partial charge in [0.05, 0.1) is 18.0 Å². The summed E-state index contributed by atoms with van der Waals surface area (Å²) >= 11 is 0. The Morgan fingerprint density at radius 2 is 2.00 bits per heavy atom. The molecule has 8 heteroatoms. The number of nitrogen functional groups attached to an aromatic ring is 1. The normalized spacial score (nSPS) is 11.4. The predicted molar refractivity (Wildman–Crippen MR) is 79.4 cm³/mol. The van der Waals surface area contributed by atoms with E-state index in [1.54, 1.807) is 31.2 Å². The number of nitrogens with zero attached hydrogens (tertiary/aromatic N) is 1. The quantitative estimate of drug-likeness (QED) is 0.553. The van der Waals surface area contributed by atoms with Crippen molar-refractivity contribution in [1.82, 2.24) is 4.31 Å². The van der Waals surface area contributed by atoms with Crippen molar-refractivity contribution in [1.29, 1.82) is 0 Å². The van der Waals surface area contributed by atoms with Gasteiger partial charge in [0.25, 0.3) is 0 Å². The lowest BCUT2D eigenvalue weighted by Gasteiger charge is -2.16. The number of ether oxygens (including phenoxy) is 2. The number of likely N-dealkylation sites (N-methyl/N-ethyl adjacent to an activating group) is 1. The van der Waals surface area contributed by atoms with Gasteiger partial charge in [-0.1, -0.05) is 12.1 Å². The molecule has 0 unspecified atom stereocenters. The van der Waals surface area contributed by atoms with Crippen LogP contribution in [0.2, 0.25) is 0 Å². The minimum absolute atomic E-state index is 0.0519. The summed E-state index contributed by atoms with van der Waals surface area (Å²) in [6.07, 6.45) is 0. The maximum Gasteiger partial charge on any atom is 0.321 e. The van der Waals surface area contributed by atoms with Crippen molar-refractivity contribution in [2.24, 2.45) is 0 Å². The zero-order valence-corrected chi connectivity index (χ0v) is 12.9. The zero-order chi connectivity index (χ0) is 15.9. The molecule has 0 spiro atoms. The molecule has 0 aliphatic carbocycles. The molecule has 0 aromatic heterocycles. The number of para-hydroxylation sites is 2. The summed E-state index contributed by atoms with van der Waals surface area (Å²) in [5.41, 5.74) is 6.12. The summed E-state index contributed by atoms with van der Waals surface area (Å²) in [4.78, 5) is 11.3. The second-order valence-corrected chi connectivity index (χ2v) is 6.46. The second-order valence-electron chi connectivity index (χ2n) is 4.26. The Kier molecular flexibility index (Phi) is 6.44. The Balaban J connectivity index is 2.49. The summed E-state index contributed by atoms with van der Waals surface area (Å²) < 4.78 is 34.9. The van der Waals surface area contributed by atoms with E-state index in [0.29, 0.717) is 11.4 Å². The van der Waals surface area contributed by atoms with E-state index in [1.165, 1.54) is 7.05 Å². The van der Waals surface area contributed by atoms with Gasteiger partial charge in [0, 0.05) is 7.05 Å². The molecule has 0 aliphatic heterocycles. The van der Waals surface area contributed by atoms with Crippen molar-refractivity contribution < 1.29 is 22.7 Å². The van der Waals surface area contributed by atoms with Gasteiger partial charge in [0.1, 0.15) is 18.9 Å². The summed E-state index contributed by atoms with van der Waals surface area (Å²) in [7, 11) is -2.27. The molecule has 0 saturated heterocycles. The highest BCUT2D eigenvalue weighted by atomic mass is 32.2. The molecular weight excluding hydrogens is 296 g/mol. The summed E-state index contributed by atoms with van der Waals surface area (Å²) in [6, 6.07) is 6.82. The average molecular weight is 316 g/mol. The molecule has 0 bridgehead atoms. The molecule has 1 aromatic carbocycles. The summed E-state index contributed by atoms with van der Waals surface area (Å²) in [5.74, 6) is -0.408. The van der Waals surface area contributed by atoms with Crippen LogP contribution in [-0.2, 0) is 19.6 Å². The average Bonchev–Trinajstić information content (AvgIpc) is 2.41. The number of benzene rings is 1. The van der Waals surface area contributed by atoms with E-state index in [2.05, 4.69) is 0 Å². The van der Waals surface area contributed by atoms with Crippen LogP contribution in [0.4, 0.5) is 5.69 Å². The van der Waals surface area contributed by atoms with Crippen LogP contribution in [-0.4, -0.2) is 51.3 Å². The lowest BCUT2D eigenvalue weighted by molar-refractivity contribution is -0.143. The molecule has 2 N–H and O–H groups in total. The summed E-state index contributed by atoms with van der Waals surface area (Å²) in [6.45, 7) is 1.50.